The van der Waals surface area contributed by atoms with Crippen molar-refractivity contribution in [3.05, 3.63) is 29.6 Å². The standard InChI is InChI=1S/C16H24FNO/c1-12(15-11-13(17)9-10-16(15)19)18(2)14-7-5-3-4-6-8-14/h9-12,14,19H,3-8H2,1-2H3. The molecule has 0 radical (unpaired) electrons. The average Bonchev–Trinajstić information content (AvgIpc) is 2.69. The third-order valence-corrected chi connectivity index (χ3v) is 4.45. The van der Waals surface area contributed by atoms with Gasteiger partial charge in [-0.2, -0.15) is 0 Å². The molecule has 1 saturated carbocycles. The molecule has 0 aromatic heterocycles. The molecule has 2 rings (SSSR count). The Kier molecular flexibility index (Phi) is 4.81. The van der Waals surface area contributed by atoms with E-state index in [2.05, 4.69) is 11.9 Å². The summed E-state index contributed by atoms with van der Waals surface area (Å²) in [6.45, 7) is 2.04. The largest absolute Gasteiger partial charge is 0.508 e. The summed E-state index contributed by atoms with van der Waals surface area (Å²) in [5, 5.41) is 9.91. The van der Waals surface area contributed by atoms with Crippen molar-refractivity contribution in [2.24, 2.45) is 0 Å². The Morgan fingerprint density at radius 2 is 1.84 bits per heavy atom. The number of halogens is 1. The summed E-state index contributed by atoms with van der Waals surface area (Å²) in [5.41, 5.74) is 0.687. The zero-order chi connectivity index (χ0) is 13.8. The van der Waals surface area contributed by atoms with Crippen molar-refractivity contribution in [2.75, 3.05) is 7.05 Å². The molecule has 19 heavy (non-hydrogen) atoms. The molecule has 1 N–H and O–H groups in total. The van der Waals surface area contributed by atoms with Crippen LogP contribution < -0.4 is 0 Å². The van der Waals surface area contributed by atoms with Crippen LogP contribution in [-0.4, -0.2) is 23.1 Å². The van der Waals surface area contributed by atoms with E-state index in [1.807, 2.05) is 6.92 Å². The molecule has 0 aliphatic heterocycles. The second-order valence-electron chi connectivity index (χ2n) is 5.69. The first-order chi connectivity index (χ1) is 9.09. The first-order valence-electron chi connectivity index (χ1n) is 7.30. The highest BCUT2D eigenvalue weighted by Gasteiger charge is 2.23. The molecule has 1 aliphatic carbocycles. The van der Waals surface area contributed by atoms with Crippen LogP contribution in [0.5, 0.6) is 5.75 Å². The second-order valence-corrected chi connectivity index (χ2v) is 5.69. The Morgan fingerprint density at radius 1 is 1.21 bits per heavy atom. The van der Waals surface area contributed by atoms with Gasteiger partial charge < -0.3 is 5.11 Å². The summed E-state index contributed by atoms with van der Waals surface area (Å²) in [7, 11) is 2.09. The summed E-state index contributed by atoms with van der Waals surface area (Å²) in [6, 6.07) is 4.78. The number of hydrogen-bond donors (Lipinski definition) is 1. The fourth-order valence-corrected chi connectivity index (χ4v) is 3.06. The first kappa shape index (κ1) is 14.3. The highest BCUT2D eigenvalue weighted by atomic mass is 19.1. The molecular formula is C16H24FNO. The van der Waals surface area contributed by atoms with E-state index in [4.69, 9.17) is 0 Å². The molecule has 1 unspecified atom stereocenters. The molecule has 1 aromatic rings. The van der Waals surface area contributed by atoms with Crippen LogP contribution in [0.4, 0.5) is 4.39 Å². The van der Waals surface area contributed by atoms with Gasteiger partial charge in [-0.1, -0.05) is 25.7 Å². The number of phenols is 1. The second kappa shape index (κ2) is 6.38. The average molecular weight is 265 g/mol. The van der Waals surface area contributed by atoms with Gasteiger partial charge in [-0.25, -0.2) is 4.39 Å². The number of benzene rings is 1. The van der Waals surface area contributed by atoms with Crippen molar-refractivity contribution in [1.82, 2.24) is 4.90 Å². The van der Waals surface area contributed by atoms with Gasteiger partial charge in [0.25, 0.3) is 0 Å². The molecule has 1 fully saturated rings. The summed E-state index contributed by atoms with van der Waals surface area (Å²) in [4.78, 5) is 2.29. The van der Waals surface area contributed by atoms with Gasteiger partial charge >= 0.3 is 0 Å². The van der Waals surface area contributed by atoms with Crippen LogP contribution in [0.1, 0.15) is 57.1 Å². The number of hydrogen-bond acceptors (Lipinski definition) is 2. The Hall–Kier alpha value is -1.09. The Labute approximate surface area is 115 Å². The summed E-state index contributed by atoms with van der Waals surface area (Å²) >= 11 is 0. The maximum Gasteiger partial charge on any atom is 0.123 e. The molecule has 0 amide bonds. The predicted molar refractivity (Wildman–Crippen MR) is 75.7 cm³/mol. The number of nitrogens with zero attached hydrogens (tertiary/aromatic N) is 1. The van der Waals surface area contributed by atoms with Crippen molar-refractivity contribution in [1.29, 1.82) is 0 Å². The van der Waals surface area contributed by atoms with E-state index in [0.29, 0.717) is 11.6 Å². The van der Waals surface area contributed by atoms with Gasteiger partial charge in [-0.3, -0.25) is 4.90 Å². The van der Waals surface area contributed by atoms with Gasteiger partial charge in [0.15, 0.2) is 0 Å². The molecular weight excluding hydrogens is 241 g/mol. The van der Waals surface area contributed by atoms with Crippen LogP contribution in [0, 0.1) is 5.82 Å². The predicted octanol–water partition coefficient (Wildman–Crippen LogP) is 4.25. The zero-order valence-corrected chi connectivity index (χ0v) is 11.9. The van der Waals surface area contributed by atoms with Crippen LogP contribution in [0.2, 0.25) is 0 Å². The molecule has 2 nitrogen and oxygen atoms in total. The number of aromatic hydroxyl groups is 1. The van der Waals surface area contributed by atoms with Crippen LogP contribution in [-0.2, 0) is 0 Å². The highest BCUT2D eigenvalue weighted by Crippen LogP contribution is 2.32. The van der Waals surface area contributed by atoms with E-state index in [1.165, 1.54) is 56.7 Å². The lowest BCUT2D eigenvalue weighted by Gasteiger charge is -2.33. The van der Waals surface area contributed by atoms with Crippen LogP contribution in [0.25, 0.3) is 0 Å². The topological polar surface area (TPSA) is 23.5 Å². The maximum atomic E-state index is 13.3. The fraction of sp³-hybridized carbons (Fsp3) is 0.625. The van der Waals surface area contributed by atoms with Crippen molar-refractivity contribution >= 4 is 0 Å². The van der Waals surface area contributed by atoms with Gasteiger partial charge in [-0.15, -0.1) is 0 Å². The van der Waals surface area contributed by atoms with E-state index in [-0.39, 0.29) is 17.6 Å². The quantitative estimate of drug-likeness (QED) is 0.826. The minimum absolute atomic E-state index is 0.0406. The van der Waals surface area contributed by atoms with Gasteiger partial charge in [0.2, 0.25) is 0 Å². The van der Waals surface area contributed by atoms with Crippen LogP contribution in [0.3, 0.4) is 0 Å². The minimum Gasteiger partial charge on any atom is -0.508 e. The van der Waals surface area contributed by atoms with Crippen molar-refractivity contribution in [3.8, 4) is 5.75 Å². The SMILES string of the molecule is CC(c1cc(F)ccc1O)N(C)C1CCCCCC1. The van der Waals surface area contributed by atoms with E-state index < -0.39 is 0 Å². The molecule has 3 heteroatoms. The number of phenolic OH excluding ortho intramolecular Hbond substituents is 1. The summed E-state index contributed by atoms with van der Waals surface area (Å²) < 4.78 is 13.3. The van der Waals surface area contributed by atoms with Gasteiger partial charge in [0.1, 0.15) is 11.6 Å². The summed E-state index contributed by atoms with van der Waals surface area (Å²) in [6.07, 6.45) is 7.61. The molecule has 1 aliphatic rings. The van der Waals surface area contributed by atoms with E-state index in [9.17, 15) is 9.50 Å². The highest BCUT2D eigenvalue weighted by molar-refractivity contribution is 5.35. The summed E-state index contributed by atoms with van der Waals surface area (Å²) in [5.74, 6) is -0.0942. The fourth-order valence-electron chi connectivity index (χ4n) is 3.06. The lowest BCUT2D eigenvalue weighted by molar-refractivity contribution is 0.166. The third-order valence-electron chi connectivity index (χ3n) is 4.45. The third kappa shape index (κ3) is 3.47. The monoisotopic (exact) mass is 265 g/mol. The van der Waals surface area contributed by atoms with Crippen LogP contribution >= 0.6 is 0 Å². The lowest BCUT2D eigenvalue weighted by atomic mass is 10.0. The van der Waals surface area contributed by atoms with E-state index in [1.54, 1.807) is 0 Å². The molecule has 1 aromatic carbocycles. The minimum atomic E-state index is -0.283. The van der Waals surface area contributed by atoms with E-state index in [0.717, 1.165) is 0 Å². The van der Waals surface area contributed by atoms with Crippen molar-refractivity contribution in [3.63, 3.8) is 0 Å². The molecule has 0 bridgehead atoms. The van der Waals surface area contributed by atoms with Gasteiger partial charge in [0, 0.05) is 17.6 Å². The Bertz CT molecular complexity index is 413. The smallest absolute Gasteiger partial charge is 0.123 e. The van der Waals surface area contributed by atoms with Crippen LogP contribution in [0.15, 0.2) is 18.2 Å². The normalized spacial score (nSPS) is 19.4. The molecule has 106 valence electrons. The molecule has 0 heterocycles. The van der Waals surface area contributed by atoms with Crippen molar-refractivity contribution in [2.45, 2.75) is 57.5 Å². The molecule has 1 atom stereocenters. The van der Waals surface area contributed by atoms with Gasteiger partial charge in [-0.05, 0) is 45.0 Å². The lowest BCUT2D eigenvalue weighted by Crippen LogP contribution is -2.33. The number of rotatable bonds is 3. The van der Waals surface area contributed by atoms with Gasteiger partial charge in [0.05, 0.1) is 0 Å². The van der Waals surface area contributed by atoms with Crippen molar-refractivity contribution < 1.29 is 9.50 Å². The van der Waals surface area contributed by atoms with E-state index >= 15 is 0 Å². The first-order valence-corrected chi connectivity index (χ1v) is 7.30. The zero-order valence-electron chi connectivity index (χ0n) is 11.9. The molecule has 0 saturated heterocycles. The maximum absolute atomic E-state index is 13.3. The Balaban J connectivity index is 2.12. The Morgan fingerprint density at radius 3 is 2.47 bits per heavy atom. The molecule has 0 spiro atoms.